The third-order valence-electron chi connectivity index (χ3n) is 4.23. The van der Waals surface area contributed by atoms with Gasteiger partial charge in [0, 0.05) is 11.8 Å². The highest BCUT2D eigenvalue weighted by molar-refractivity contribution is 6.04. The number of rotatable bonds is 8. The van der Waals surface area contributed by atoms with Gasteiger partial charge in [-0.25, -0.2) is 9.59 Å². The molecule has 0 atom stereocenters. The van der Waals surface area contributed by atoms with Crippen LogP contribution in [-0.2, 0) is 11.4 Å². The van der Waals surface area contributed by atoms with Crippen LogP contribution in [0.3, 0.4) is 0 Å². The number of ether oxygens (including phenoxy) is 1. The van der Waals surface area contributed by atoms with Crippen molar-refractivity contribution in [3.8, 4) is 5.75 Å². The van der Waals surface area contributed by atoms with Crippen molar-refractivity contribution in [3.05, 3.63) is 101 Å². The zero-order valence-corrected chi connectivity index (χ0v) is 16.3. The molecule has 0 saturated heterocycles. The average Bonchev–Trinajstić information content (AvgIpc) is 2.77. The molecule has 0 fully saturated rings. The van der Waals surface area contributed by atoms with Crippen molar-refractivity contribution in [1.29, 1.82) is 0 Å². The number of nitrogens with one attached hydrogen (secondary N) is 1. The van der Waals surface area contributed by atoms with Gasteiger partial charge in [-0.1, -0.05) is 42.5 Å². The summed E-state index contributed by atoms with van der Waals surface area (Å²) in [6.45, 7) is 0.417. The Bertz CT molecular complexity index is 1110. The lowest BCUT2D eigenvalue weighted by Gasteiger charge is -2.07. The van der Waals surface area contributed by atoms with Crippen molar-refractivity contribution in [2.45, 2.75) is 6.61 Å². The molecule has 0 aromatic heterocycles. The van der Waals surface area contributed by atoms with Crippen molar-refractivity contribution in [2.75, 3.05) is 5.32 Å². The molecule has 0 bridgehead atoms. The topological polar surface area (TPSA) is 113 Å². The number of hydrogen-bond acceptors (Lipinski definition) is 4. The molecule has 0 aliphatic heterocycles. The van der Waals surface area contributed by atoms with Crippen molar-refractivity contribution >= 4 is 29.6 Å². The Morgan fingerprint density at radius 3 is 2.16 bits per heavy atom. The minimum atomic E-state index is -1.29. The number of carbonyl (C=O) groups is 3. The van der Waals surface area contributed by atoms with Gasteiger partial charge in [-0.2, -0.15) is 0 Å². The van der Waals surface area contributed by atoms with E-state index in [1.54, 1.807) is 24.3 Å². The summed E-state index contributed by atoms with van der Waals surface area (Å²) in [6, 6.07) is 20.3. The van der Waals surface area contributed by atoms with Crippen molar-refractivity contribution < 1.29 is 29.3 Å². The van der Waals surface area contributed by atoms with Gasteiger partial charge in [-0.05, 0) is 47.5 Å². The fourth-order valence-corrected chi connectivity index (χ4v) is 2.75. The second-order valence-electron chi connectivity index (χ2n) is 6.58. The molecule has 3 aromatic rings. The zero-order valence-electron chi connectivity index (χ0n) is 16.3. The van der Waals surface area contributed by atoms with Gasteiger partial charge in [0.05, 0.1) is 11.1 Å². The summed E-state index contributed by atoms with van der Waals surface area (Å²) in [5.74, 6) is -2.47. The maximum atomic E-state index is 12.2. The fraction of sp³-hybridized carbons (Fsp3) is 0.0417. The standard InChI is InChI=1S/C24H19NO6/c26-22(25-20-13-18(23(27)28)12-19(14-20)24(29)30)10-9-16-7-4-8-21(11-16)31-15-17-5-2-1-3-6-17/h1-14H,15H2,(H,25,26)(H,27,28)(H,29,30)/b10-9+. The quantitative estimate of drug-likeness (QED) is 0.471. The molecule has 0 aliphatic carbocycles. The highest BCUT2D eigenvalue weighted by Gasteiger charge is 2.12. The van der Waals surface area contributed by atoms with E-state index in [1.165, 1.54) is 18.2 Å². The van der Waals surface area contributed by atoms with Crippen LogP contribution >= 0.6 is 0 Å². The first-order chi connectivity index (χ1) is 14.9. The molecule has 156 valence electrons. The Kier molecular flexibility index (Phi) is 6.80. The Balaban J connectivity index is 1.66. The van der Waals surface area contributed by atoms with E-state index in [0.29, 0.717) is 12.4 Å². The van der Waals surface area contributed by atoms with Crippen LogP contribution in [0.1, 0.15) is 31.8 Å². The van der Waals surface area contributed by atoms with Gasteiger partial charge in [0.15, 0.2) is 0 Å². The third kappa shape index (κ3) is 6.30. The van der Waals surface area contributed by atoms with Crippen LogP contribution < -0.4 is 10.1 Å². The van der Waals surface area contributed by atoms with Crippen LogP contribution in [0.2, 0.25) is 0 Å². The maximum absolute atomic E-state index is 12.2. The molecule has 3 rings (SSSR count). The SMILES string of the molecule is O=C(/C=C/c1cccc(OCc2ccccc2)c1)Nc1cc(C(=O)O)cc(C(=O)O)c1. The lowest BCUT2D eigenvalue weighted by atomic mass is 10.1. The minimum absolute atomic E-state index is 0.0758. The molecule has 0 saturated carbocycles. The molecule has 7 nitrogen and oxygen atoms in total. The number of carbonyl (C=O) groups excluding carboxylic acids is 1. The number of carboxylic acid groups (broad SMARTS) is 2. The van der Waals surface area contributed by atoms with Crippen LogP contribution in [0, 0.1) is 0 Å². The number of hydrogen-bond donors (Lipinski definition) is 3. The number of benzene rings is 3. The second kappa shape index (κ2) is 9.89. The number of anilines is 1. The fourth-order valence-electron chi connectivity index (χ4n) is 2.75. The second-order valence-corrected chi connectivity index (χ2v) is 6.58. The molecule has 0 aliphatic rings. The van der Waals surface area contributed by atoms with Crippen LogP contribution in [0.15, 0.2) is 78.9 Å². The smallest absolute Gasteiger partial charge is 0.335 e. The average molecular weight is 417 g/mol. The number of carboxylic acids is 2. The maximum Gasteiger partial charge on any atom is 0.335 e. The Labute approximate surface area is 178 Å². The van der Waals surface area contributed by atoms with Crippen molar-refractivity contribution in [1.82, 2.24) is 0 Å². The summed E-state index contributed by atoms with van der Waals surface area (Å²) in [6.07, 6.45) is 2.84. The Morgan fingerprint density at radius 1 is 0.839 bits per heavy atom. The van der Waals surface area contributed by atoms with E-state index >= 15 is 0 Å². The van der Waals surface area contributed by atoms with Gasteiger partial charge in [0.1, 0.15) is 12.4 Å². The molecule has 31 heavy (non-hydrogen) atoms. The first-order valence-corrected chi connectivity index (χ1v) is 9.28. The number of amides is 1. The molecule has 0 unspecified atom stereocenters. The molecular formula is C24H19NO6. The monoisotopic (exact) mass is 417 g/mol. The molecule has 7 heteroatoms. The predicted molar refractivity (Wildman–Crippen MR) is 115 cm³/mol. The summed E-state index contributed by atoms with van der Waals surface area (Å²) >= 11 is 0. The van der Waals surface area contributed by atoms with E-state index in [-0.39, 0.29) is 16.8 Å². The highest BCUT2D eigenvalue weighted by atomic mass is 16.5. The Morgan fingerprint density at radius 2 is 1.52 bits per heavy atom. The first-order valence-electron chi connectivity index (χ1n) is 9.28. The summed E-state index contributed by atoms with van der Waals surface area (Å²) in [7, 11) is 0. The van der Waals surface area contributed by atoms with Gasteiger partial charge < -0.3 is 20.3 Å². The molecule has 0 radical (unpaired) electrons. The molecule has 3 aromatic carbocycles. The van der Waals surface area contributed by atoms with E-state index in [2.05, 4.69) is 5.32 Å². The van der Waals surface area contributed by atoms with E-state index in [0.717, 1.165) is 17.2 Å². The van der Waals surface area contributed by atoms with Gasteiger partial charge >= 0.3 is 11.9 Å². The lowest BCUT2D eigenvalue weighted by Crippen LogP contribution is -2.10. The zero-order chi connectivity index (χ0) is 22.2. The molecule has 0 heterocycles. The van der Waals surface area contributed by atoms with Crippen LogP contribution in [0.4, 0.5) is 5.69 Å². The van der Waals surface area contributed by atoms with Gasteiger partial charge in [-0.15, -0.1) is 0 Å². The largest absolute Gasteiger partial charge is 0.489 e. The van der Waals surface area contributed by atoms with E-state index in [4.69, 9.17) is 14.9 Å². The first kappa shape index (κ1) is 21.3. The highest BCUT2D eigenvalue weighted by Crippen LogP contribution is 2.18. The van der Waals surface area contributed by atoms with Crippen LogP contribution in [0.25, 0.3) is 6.08 Å². The summed E-state index contributed by atoms with van der Waals surface area (Å²) < 4.78 is 5.76. The predicted octanol–water partition coefficient (Wildman–Crippen LogP) is 4.31. The van der Waals surface area contributed by atoms with Crippen LogP contribution in [0.5, 0.6) is 5.75 Å². The van der Waals surface area contributed by atoms with E-state index < -0.39 is 17.8 Å². The van der Waals surface area contributed by atoms with Gasteiger partial charge in [-0.3, -0.25) is 4.79 Å². The summed E-state index contributed by atoms with van der Waals surface area (Å²) in [5.41, 5.74) is 1.37. The van der Waals surface area contributed by atoms with E-state index in [1.807, 2.05) is 36.4 Å². The molecular weight excluding hydrogens is 398 g/mol. The Hall–Kier alpha value is -4.39. The third-order valence-corrected chi connectivity index (χ3v) is 4.23. The summed E-state index contributed by atoms with van der Waals surface area (Å²) in [5, 5.41) is 20.7. The summed E-state index contributed by atoms with van der Waals surface area (Å²) in [4.78, 5) is 34.6. The van der Waals surface area contributed by atoms with Crippen molar-refractivity contribution in [2.24, 2.45) is 0 Å². The van der Waals surface area contributed by atoms with Gasteiger partial charge in [0.2, 0.25) is 5.91 Å². The normalized spacial score (nSPS) is 10.6. The van der Waals surface area contributed by atoms with E-state index in [9.17, 15) is 14.4 Å². The lowest BCUT2D eigenvalue weighted by molar-refractivity contribution is -0.111. The molecule has 1 amide bonds. The van der Waals surface area contributed by atoms with Crippen molar-refractivity contribution in [3.63, 3.8) is 0 Å². The van der Waals surface area contributed by atoms with Crippen LogP contribution in [-0.4, -0.2) is 28.1 Å². The minimum Gasteiger partial charge on any atom is -0.489 e. The molecule has 0 spiro atoms. The molecule has 3 N–H and O–H groups in total. The number of aromatic carboxylic acids is 2. The van der Waals surface area contributed by atoms with Gasteiger partial charge in [0.25, 0.3) is 0 Å².